The van der Waals surface area contributed by atoms with Crippen molar-refractivity contribution in [3.8, 4) is 5.75 Å². The minimum Gasteiger partial charge on any atom is -0.492 e. The van der Waals surface area contributed by atoms with E-state index in [4.69, 9.17) is 4.74 Å². The average molecular weight is 449 g/mol. The highest BCUT2D eigenvalue weighted by Gasteiger charge is 2.16. The van der Waals surface area contributed by atoms with Crippen LogP contribution < -0.4 is 10.1 Å². The Hall–Kier alpha value is -3.58. The van der Waals surface area contributed by atoms with Gasteiger partial charge in [0.2, 0.25) is 0 Å². The monoisotopic (exact) mass is 448 g/mol. The maximum absolute atomic E-state index is 13.2. The zero-order valence-electron chi connectivity index (χ0n) is 17.7. The summed E-state index contributed by atoms with van der Waals surface area (Å²) in [5.74, 6) is 0.199. The van der Waals surface area contributed by atoms with E-state index in [1.807, 2.05) is 65.2 Å². The van der Waals surface area contributed by atoms with E-state index in [0.717, 1.165) is 16.5 Å². The molecule has 6 nitrogen and oxygen atoms in total. The number of nitrogens with one attached hydrogen (secondary N) is 1. The molecule has 3 aromatic carbocycles. The fourth-order valence-electron chi connectivity index (χ4n) is 3.50. The fourth-order valence-corrected chi connectivity index (χ4v) is 3.89. The number of hydrogen-bond donors (Lipinski definition) is 1. The lowest BCUT2D eigenvalue weighted by Gasteiger charge is -2.12. The quantitative estimate of drug-likeness (QED) is 0.434. The Morgan fingerprint density at radius 1 is 0.938 bits per heavy atom. The Kier molecular flexibility index (Phi) is 6.28. The molecule has 0 radical (unpaired) electrons. The highest BCUT2D eigenvalue weighted by atomic mass is 32.2. The number of carbonyl (C=O) groups is 1. The van der Waals surface area contributed by atoms with Crippen LogP contribution in [0.25, 0.3) is 10.9 Å². The summed E-state index contributed by atoms with van der Waals surface area (Å²) in [6.45, 7) is 0.632. The number of fused-ring (bicyclic) bond motifs is 1. The maximum atomic E-state index is 13.2. The van der Waals surface area contributed by atoms with Crippen molar-refractivity contribution in [2.75, 3.05) is 23.9 Å². The Labute approximate surface area is 187 Å². The molecule has 32 heavy (non-hydrogen) atoms. The number of rotatable bonds is 8. The molecule has 1 amide bonds. The van der Waals surface area contributed by atoms with Crippen LogP contribution in [0.4, 0.5) is 5.69 Å². The molecule has 0 fully saturated rings. The zero-order chi connectivity index (χ0) is 22.6. The van der Waals surface area contributed by atoms with Gasteiger partial charge in [0.05, 0.1) is 5.75 Å². The number of para-hydroxylation sites is 1. The van der Waals surface area contributed by atoms with Crippen LogP contribution in [0.3, 0.4) is 0 Å². The normalized spacial score (nSPS) is 11.4. The number of anilines is 1. The number of carbonyl (C=O) groups excluding carboxylic acids is 1. The minimum atomic E-state index is -3.10. The highest BCUT2D eigenvalue weighted by molar-refractivity contribution is 7.90. The zero-order valence-corrected chi connectivity index (χ0v) is 18.5. The van der Waals surface area contributed by atoms with Gasteiger partial charge in [-0.3, -0.25) is 4.79 Å². The molecule has 1 N–H and O–H groups in total. The predicted octanol–water partition coefficient (Wildman–Crippen LogP) is 4.37. The van der Waals surface area contributed by atoms with Gasteiger partial charge in [-0.05, 0) is 29.8 Å². The molecule has 4 aromatic rings. The summed E-state index contributed by atoms with van der Waals surface area (Å²) in [5.41, 5.74) is 3.21. The Balaban J connectivity index is 1.57. The first-order valence-electron chi connectivity index (χ1n) is 10.2. The number of hydrogen-bond acceptors (Lipinski definition) is 4. The largest absolute Gasteiger partial charge is 0.492 e. The fraction of sp³-hybridized carbons (Fsp3) is 0.160. The van der Waals surface area contributed by atoms with E-state index in [1.54, 1.807) is 24.3 Å². The number of sulfone groups is 1. The Morgan fingerprint density at radius 3 is 2.47 bits per heavy atom. The first-order chi connectivity index (χ1) is 15.4. The van der Waals surface area contributed by atoms with Gasteiger partial charge in [0.1, 0.15) is 18.1 Å². The van der Waals surface area contributed by atoms with E-state index in [2.05, 4.69) is 5.32 Å². The van der Waals surface area contributed by atoms with Crippen molar-refractivity contribution in [2.45, 2.75) is 6.54 Å². The van der Waals surface area contributed by atoms with Gasteiger partial charge >= 0.3 is 0 Å². The minimum absolute atomic E-state index is 0.0571. The number of amides is 1. The SMILES string of the molecule is CS(=O)(=O)CCOc1cccc(NC(=O)c2cc3ccccc3n2Cc2ccccc2)c1. The lowest BCUT2D eigenvalue weighted by Crippen LogP contribution is -2.17. The summed E-state index contributed by atoms with van der Waals surface area (Å²) < 4.78 is 30.1. The molecule has 7 heteroatoms. The van der Waals surface area contributed by atoms with Crippen molar-refractivity contribution >= 4 is 32.3 Å². The molecule has 1 heterocycles. The van der Waals surface area contributed by atoms with E-state index in [1.165, 1.54) is 6.26 Å². The van der Waals surface area contributed by atoms with Gasteiger partial charge in [-0.25, -0.2) is 8.42 Å². The molecular weight excluding hydrogens is 424 g/mol. The molecule has 0 saturated heterocycles. The van der Waals surface area contributed by atoms with E-state index in [-0.39, 0.29) is 18.3 Å². The van der Waals surface area contributed by atoms with E-state index < -0.39 is 9.84 Å². The number of ether oxygens (including phenoxy) is 1. The summed E-state index contributed by atoms with van der Waals surface area (Å²) in [5, 5.41) is 3.93. The molecule has 0 aliphatic carbocycles. The smallest absolute Gasteiger partial charge is 0.272 e. The standard InChI is InChI=1S/C25H24N2O4S/c1-32(29,30)15-14-31-22-12-7-11-21(17-22)26-25(28)24-16-20-10-5-6-13-23(20)27(24)18-19-8-3-2-4-9-19/h2-13,16-17H,14-15,18H2,1H3,(H,26,28). The van der Waals surface area contributed by atoms with Crippen molar-refractivity contribution in [1.82, 2.24) is 4.57 Å². The van der Waals surface area contributed by atoms with E-state index in [9.17, 15) is 13.2 Å². The van der Waals surface area contributed by atoms with Crippen molar-refractivity contribution in [1.29, 1.82) is 0 Å². The molecule has 0 aliphatic heterocycles. The molecular formula is C25H24N2O4S. The molecule has 0 bridgehead atoms. The van der Waals surface area contributed by atoms with Crippen molar-refractivity contribution in [2.24, 2.45) is 0 Å². The molecule has 0 aliphatic rings. The molecule has 0 saturated carbocycles. The third-order valence-corrected chi connectivity index (χ3v) is 5.95. The maximum Gasteiger partial charge on any atom is 0.272 e. The van der Waals surface area contributed by atoms with E-state index in [0.29, 0.717) is 23.7 Å². The lowest BCUT2D eigenvalue weighted by atomic mass is 10.2. The second-order valence-corrected chi connectivity index (χ2v) is 9.88. The van der Waals surface area contributed by atoms with Gasteiger partial charge < -0.3 is 14.6 Å². The third-order valence-electron chi connectivity index (χ3n) is 5.04. The molecule has 0 atom stereocenters. The highest BCUT2D eigenvalue weighted by Crippen LogP contribution is 2.23. The third kappa shape index (κ3) is 5.36. The van der Waals surface area contributed by atoms with Crippen LogP contribution in [0.2, 0.25) is 0 Å². The molecule has 0 spiro atoms. The van der Waals surface area contributed by atoms with Gasteiger partial charge in [0.15, 0.2) is 9.84 Å². The van der Waals surface area contributed by atoms with Gasteiger partial charge in [-0.1, -0.05) is 54.6 Å². The van der Waals surface area contributed by atoms with Gasteiger partial charge in [-0.2, -0.15) is 0 Å². The molecule has 1 aromatic heterocycles. The van der Waals surface area contributed by atoms with Gasteiger partial charge in [-0.15, -0.1) is 0 Å². The summed E-state index contributed by atoms with van der Waals surface area (Å²) in [6, 6.07) is 26.7. The number of nitrogens with zero attached hydrogens (tertiary/aromatic N) is 1. The van der Waals surface area contributed by atoms with Crippen molar-refractivity contribution in [3.63, 3.8) is 0 Å². The van der Waals surface area contributed by atoms with Crippen LogP contribution in [-0.2, 0) is 16.4 Å². The first kappa shape index (κ1) is 21.6. The summed E-state index contributed by atoms with van der Waals surface area (Å²) in [7, 11) is -3.10. The van der Waals surface area contributed by atoms with Crippen LogP contribution in [0, 0.1) is 0 Å². The predicted molar refractivity (Wildman–Crippen MR) is 127 cm³/mol. The number of aromatic nitrogens is 1. The second kappa shape index (κ2) is 9.28. The summed E-state index contributed by atoms with van der Waals surface area (Å²) >= 11 is 0. The average Bonchev–Trinajstić information content (AvgIpc) is 3.12. The second-order valence-electron chi connectivity index (χ2n) is 7.62. The van der Waals surface area contributed by atoms with Crippen LogP contribution in [-0.4, -0.2) is 37.5 Å². The van der Waals surface area contributed by atoms with E-state index >= 15 is 0 Å². The molecule has 4 rings (SSSR count). The number of benzene rings is 3. The van der Waals surface area contributed by atoms with Crippen LogP contribution >= 0.6 is 0 Å². The van der Waals surface area contributed by atoms with Crippen molar-refractivity contribution < 1.29 is 17.9 Å². The first-order valence-corrected chi connectivity index (χ1v) is 12.3. The Bertz CT molecular complexity index is 1340. The van der Waals surface area contributed by atoms with Crippen LogP contribution in [0.5, 0.6) is 5.75 Å². The van der Waals surface area contributed by atoms with Crippen LogP contribution in [0.15, 0.2) is 84.9 Å². The lowest BCUT2D eigenvalue weighted by molar-refractivity contribution is 0.101. The topological polar surface area (TPSA) is 77.4 Å². The molecule has 0 unspecified atom stereocenters. The summed E-state index contributed by atoms with van der Waals surface area (Å²) in [4.78, 5) is 13.2. The molecule has 164 valence electrons. The summed E-state index contributed by atoms with van der Waals surface area (Å²) in [6.07, 6.45) is 1.17. The Morgan fingerprint density at radius 2 is 1.69 bits per heavy atom. The van der Waals surface area contributed by atoms with Crippen molar-refractivity contribution in [3.05, 3.63) is 96.2 Å². The van der Waals surface area contributed by atoms with Gasteiger partial charge in [0.25, 0.3) is 5.91 Å². The van der Waals surface area contributed by atoms with Crippen LogP contribution in [0.1, 0.15) is 16.1 Å². The van der Waals surface area contributed by atoms with Gasteiger partial charge in [0, 0.05) is 35.5 Å².